The van der Waals surface area contributed by atoms with Crippen LogP contribution in [-0.4, -0.2) is 38.9 Å². The van der Waals surface area contributed by atoms with Gasteiger partial charge in [0.1, 0.15) is 0 Å². The molecule has 0 aliphatic rings. The molecule has 0 unspecified atom stereocenters. The molecule has 0 fully saturated rings. The van der Waals surface area contributed by atoms with Gasteiger partial charge < -0.3 is 9.79 Å². The van der Waals surface area contributed by atoms with Crippen molar-refractivity contribution < 1.29 is 18.9 Å². The van der Waals surface area contributed by atoms with Crippen LogP contribution in [0.5, 0.6) is 0 Å². The highest BCUT2D eigenvalue weighted by molar-refractivity contribution is 7.46. The molecule has 0 spiro atoms. The number of hydrogen-bond donors (Lipinski definition) is 2. The number of unbranched alkanes of at least 4 members (excludes halogenated alkanes) is 42. The van der Waals surface area contributed by atoms with Gasteiger partial charge >= 0.3 is 7.82 Å². The van der Waals surface area contributed by atoms with E-state index in [2.05, 4.69) is 46.4 Å². The molecule has 0 atom stereocenters. The van der Waals surface area contributed by atoms with Crippen molar-refractivity contribution in [1.82, 2.24) is 4.90 Å². The second kappa shape index (κ2) is 50.6. The summed E-state index contributed by atoms with van der Waals surface area (Å²) in [5.74, 6) is 0. The quantitative estimate of drug-likeness (QED) is 0.0469. The summed E-state index contributed by atoms with van der Waals surface area (Å²) < 4.78 is 20.7. The maximum Gasteiger partial charge on any atom is 0.470 e. The predicted octanol–water partition coefficient (Wildman–Crippen LogP) is 22.3. The predicted molar refractivity (Wildman–Crippen MR) is 304 cm³/mol. The molecule has 68 heavy (non-hydrogen) atoms. The Balaban J connectivity index is 7.38. The van der Waals surface area contributed by atoms with E-state index in [9.17, 15) is 14.4 Å². The second-order valence-electron chi connectivity index (χ2n) is 22.4. The highest BCUT2D eigenvalue weighted by Gasteiger charge is 2.56. The minimum absolute atomic E-state index is 0.386. The molecular weight excluding hydrogens is 854 g/mol. The Morgan fingerprint density at radius 3 is 0.706 bits per heavy atom. The van der Waals surface area contributed by atoms with E-state index < -0.39 is 13.4 Å². The van der Waals surface area contributed by atoms with Gasteiger partial charge in [0.05, 0.1) is 11.1 Å². The van der Waals surface area contributed by atoms with E-state index in [4.69, 9.17) is 4.52 Å². The summed E-state index contributed by atoms with van der Waals surface area (Å²) in [7, 11) is -4.82. The zero-order valence-electron chi connectivity index (χ0n) is 47.8. The van der Waals surface area contributed by atoms with Crippen LogP contribution in [0.2, 0.25) is 0 Å². The van der Waals surface area contributed by atoms with Crippen LogP contribution < -0.4 is 0 Å². The first-order valence-electron chi connectivity index (χ1n) is 31.7. The monoisotopic (exact) mass is 982 g/mol. The van der Waals surface area contributed by atoms with Gasteiger partial charge in [0, 0.05) is 0 Å². The SMILES string of the molecule is CCCCCCCCCCN(CCCCCCCCCC)C(CCCCCCCCCC)(CCCCCCCCCC)C(CCCCCCCCCC)(CCCCCCCCCC)OP(=O)(O)O. The lowest BCUT2D eigenvalue weighted by molar-refractivity contribution is -0.131. The molecule has 0 aromatic heterocycles. The molecule has 0 radical (unpaired) electrons. The maximum absolute atomic E-state index is 13.9. The fourth-order valence-corrected chi connectivity index (χ4v) is 12.6. The topological polar surface area (TPSA) is 70.0 Å². The molecule has 410 valence electrons. The molecule has 0 aromatic carbocycles. The van der Waals surface area contributed by atoms with Gasteiger partial charge in [0.2, 0.25) is 0 Å². The van der Waals surface area contributed by atoms with E-state index in [-0.39, 0.29) is 5.54 Å². The van der Waals surface area contributed by atoms with Gasteiger partial charge in [-0.25, -0.2) is 4.57 Å². The molecule has 5 nitrogen and oxygen atoms in total. The Labute approximate surface area is 429 Å². The first-order chi connectivity index (χ1) is 33.2. The molecule has 0 rings (SSSR count). The fourth-order valence-electron chi connectivity index (χ4n) is 11.8. The number of phosphoric acid groups is 1. The van der Waals surface area contributed by atoms with Crippen LogP contribution in [-0.2, 0) is 9.09 Å². The van der Waals surface area contributed by atoms with Gasteiger partial charge in [-0.1, -0.05) is 337 Å². The molecule has 6 heteroatoms. The van der Waals surface area contributed by atoms with Gasteiger partial charge in [-0.05, 0) is 51.6 Å². The third-order valence-electron chi connectivity index (χ3n) is 16.1. The lowest BCUT2D eigenvalue weighted by Gasteiger charge is -2.57. The smallest absolute Gasteiger partial charge is 0.303 e. The fraction of sp³-hybridized carbons (Fsp3) is 1.00. The van der Waals surface area contributed by atoms with Crippen LogP contribution in [0.1, 0.15) is 375 Å². The van der Waals surface area contributed by atoms with E-state index in [0.29, 0.717) is 0 Å². The van der Waals surface area contributed by atoms with Crippen molar-refractivity contribution in [2.24, 2.45) is 0 Å². The molecular formula is C62H128NO4P. The summed E-state index contributed by atoms with van der Waals surface area (Å²) in [5.41, 5.74) is -1.25. The van der Waals surface area contributed by atoms with Gasteiger partial charge in [-0.3, -0.25) is 9.42 Å². The van der Waals surface area contributed by atoms with Gasteiger partial charge in [0.15, 0.2) is 0 Å². The summed E-state index contributed by atoms with van der Waals surface area (Å²) in [4.78, 5) is 25.5. The van der Waals surface area contributed by atoms with E-state index in [1.54, 1.807) is 0 Å². The van der Waals surface area contributed by atoms with Crippen LogP contribution >= 0.6 is 7.82 Å². The van der Waals surface area contributed by atoms with Crippen LogP contribution in [0.4, 0.5) is 0 Å². The Bertz CT molecular complexity index is 972. The zero-order chi connectivity index (χ0) is 50.0. The summed E-state index contributed by atoms with van der Waals surface area (Å²) in [6.45, 7) is 15.9. The van der Waals surface area contributed by atoms with Gasteiger partial charge in [-0.2, -0.15) is 0 Å². The molecule has 0 saturated carbocycles. The first kappa shape index (κ1) is 68.1. The molecule has 0 amide bonds. The lowest BCUT2D eigenvalue weighted by atomic mass is 9.66. The summed E-state index contributed by atoms with van der Waals surface area (Å²) in [5, 5.41) is 0. The van der Waals surface area contributed by atoms with Gasteiger partial charge in [-0.15, -0.1) is 0 Å². The normalized spacial score (nSPS) is 12.6. The molecule has 0 aromatic rings. The Kier molecular flexibility index (Phi) is 50.6. The minimum Gasteiger partial charge on any atom is -0.303 e. The Morgan fingerprint density at radius 1 is 0.294 bits per heavy atom. The average Bonchev–Trinajstić information content (AvgIpc) is 3.32. The molecule has 0 bridgehead atoms. The highest BCUT2D eigenvalue weighted by atomic mass is 31.2. The van der Waals surface area contributed by atoms with E-state index in [0.717, 1.165) is 77.3 Å². The van der Waals surface area contributed by atoms with Gasteiger partial charge in [0.25, 0.3) is 0 Å². The Morgan fingerprint density at radius 2 is 0.485 bits per heavy atom. The van der Waals surface area contributed by atoms with Crippen molar-refractivity contribution in [1.29, 1.82) is 0 Å². The van der Waals surface area contributed by atoms with E-state index >= 15 is 0 Å². The standard InChI is InChI=1S/C62H128NO4P/c1-7-13-19-25-31-37-43-49-55-61(56-50-44-38-32-26-20-14-8-2,63(59-53-47-41-35-29-23-17-11-5)60-54-48-42-36-30-24-18-12-6)62(67-68(64,65)66,57-51-45-39-33-27-21-15-9-3)58-52-46-40-34-28-22-16-10-4/h7-60H2,1-6H3,(H2,64,65,66). The Hall–Kier alpha value is 0.0700. The third kappa shape index (κ3) is 38.7. The van der Waals surface area contributed by atoms with Crippen LogP contribution in [0, 0.1) is 0 Å². The van der Waals surface area contributed by atoms with Crippen LogP contribution in [0.3, 0.4) is 0 Å². The summed E-state index contributed by atoms with van der Waals surface area (Å²) in [6.07, 6.45) is 64.7. The van der Waals surface area contributed by atoms with Crippen LogP contribution in [0.15, 0.2) is 0 Å². The average molecular weight is 983 g/mol. The van der Waals surface area contributed by atoms with Crippen LogP contribution in [0.25, 0.3) is 0 Å². The van der Waals surface area contributed by atoms with E-state index in [1.165, 1.54) is 270 Å². The minimum atomic E-state index is -4.82. The van der Waals surface area contributed by atoms with Crippen molar-refractivity contribution in [2.75, 3.05) is 13.1 Å². The molecule has 2 N–H and O–H groups in total. The van der Waals surface area contributed by atoms with Crippen molar-refractivity contribution in [3.63, 3.8) is 0 Å². The number of phosphoric ester groups is 1. The van der Waals surface area contributed by atoms with Crippen molar-refractivity contribution in [3.8, 4) is 0 Å². The largest absolute Gasteiger partial charge is 0.470 e. The molecule has 0 heterocycles. The molecule has 0 saturated heterocycles. The molecule has 0 aliphatic heterocycles. The number of rotatable bonds is 58. The lowest BCUT2D eigenvalue weighted by Crippen LogP contribution is -2.65. The third-order valence-corrected chi connectivity index (χ3v) is 16.7. The number of hydrogen-bond acceptors (Lipinski definition) is 3. The highest BCUT2D eigenvalue weighted by Crippen LogP contribution is 2.55. The van der Waals surface area contributed by atoms with Crippen molar-refractivity contribution in [3.05, 3.63) is 0 Å². The second-order valence-corrected chi connectivity index (χ2v) is 23.6. The first-order valence-corrected chi connectivity index (χ1v) is 33.3. The summed E-state index contributed by atoms with van der Waals surface area (Å²) >= 11 is 0. The van der Waals surface area contributed by atoms with Crippen molar-refractivity contribution >= 4 is 7.82 Å². The summed E-state index contributed by atoms with van der Waals surface area (Å²) in [6, 6.07) is 0. The zero-order valence-corrected chi connectivity index (χ0v) is 48.7. The number of nitrogens with zero attached hydrogens (tertiary/aromatic N) is 1. The maximum atomic E-state index is 13.9. The van der Waals surface area contributed by atoms with Crippen molar-refractivity contribution in [2.45, 2.75) is 387 Å². The van der Waals surface area contributed by atoms with E-state index in [1.807, 2.05) is 0 Å². The molecule has 0 aliphatic carbocycles.